The van der Waals surface area contributed by atoms with E-state index in [1.807, 2.05) is 12.1 Å². The van der Waals surface area contributed by atoms with Gasteiger partial charge in [0.15, 0.2) is 6.20 Å². The number of carbonyl (C=O) groups excluding carboxylic acids is 1. The Bertz CT molecular complexity index is 576. The summed E-state index contributed by atoms with van der Waals surface area (Å²) in [6, 6.07) is 10.7. The van der Waals surface area contributed by atoms with Crippen molar-refractivity contribution in [3.05, 3.63) is 59.1 Å². The molecule has 0 fully saturated rings. The fraction of sp³-hybridized carbons (Fsp3) is 0. The van der Waals surface area contributed by atoms with Crippen LogP contribution in [0.25, 0.3) is 11.1 Å². The summed E-state index contributed by atoms with van der Waals surface area (Å²) in [5, 5.41) is 11.5. The van der Waals surface area contributed by atoms with E-state index >= 15 is 0 Å². The Hall–Kier alpha value is -2.16. The number of hydrogen-bond donors (Lipinski definition) is 0. The van der Waals surface area contributed by atoms with Gasteiger partial charge in [-0.05, 0) is 11.6 Å². The molecule has 3 heteroatoms. The van der Waals surface area contributed by atoms with Crippen molar-refractivity contribution < 1.29 is 9.52 Å². The van der Waals surface area contributed by atoms with E-state index in [4.69, 9.17) is 0 Å². The van der Waals surface area contributed by atoms with Crippen LogP contribution >= 0.6 is 0 Å². The summed E-state index contributed by atoms with van der Waals surface area (Å²) in [6.45, 7) is 0. The third kappa shape index (κ3) is 0.944. The minimum Gasteiger partial charge on any atom is -0.618 e. The minimum absolute atomic E-state index is 0.184. The number of carbonyl (C=O) groups is 1. The second kappa shape index (κ2) is 2.67. The Morgan fingerprint density at radius 1 is 0.933 bits per heavy atom. The number of ketones is 1. The van der Waals surface area contributed by atoms with Crippen molar-refractivity contribution >= 4 is 5.78 Å². The standard InChI is InChI=1S/C12H7NO2/c14-12-10-5-2-1-4-8(10)9-6-3-7-13(15)11(9)12/h1-7H. The summed E-state index contributed by atoms with van der Waals surface area (Å²) in [4.78, 5) is 11.9. The largest absolute Gasteiger partial charge is 0.618 e. The van der Waals surface area contributed by atoms with Crippen LogP contribution in [0.2, 0.25) is 0 Å². The molecule has 0 saturated heterocycles. The van der Waals surface area contributed by atoms with Gasteiger partial charge >= 0.3 is 0 Å². The molecule has 0 atom stereocenters. The van der Waals surface area contributed by atoms with Crippen molar-refractivity contribution in [2.24, 2.45) is 0 Å². The van der Waals surface area contributed by atoms with Crippen molar-refractivity contribution in [2.45, 2.75) is 0 Å². The van der Waals surface area contributed by atoms with Crippen molar-refractivity contribution in [1.82, 2.24) is 0 Å². The predicted molar refractivity (Wildman–Crippen MR) is 54.3 cm³/mol. The average molecular weight is 197 g/mol. The summed E-state index contributed by atoms with van der Waals surface area (Å²) in [7, 11) is 0. The summed E-state index contributed by atoms with van der Waals surface area (Å²) >= 11 is 0. The van der Waals surface area contributed by atoms with Crippen LogP contribution in [0, 0.1) is 5.21 Å². The first-order valence-corrected chi connectivity index (χ1v) is 4.65. The van der Waals surface area contributed by atoms with Gasteiger partial charge in [0.2, 0.25) is 0 Å². The van der Waals surface area contributed by atoms with Gasteiger partial charge in [0.1, 0.15) is 0 Å². The molecule has 1 heterocycles. The zero-order valence-corrected chi connectivity index (χ0v) is 7.81. The Labute approximate surface area is 86.2 Å². The summed E-state index contributed by atoms with van der Waals surface area (Å²) < 4.78 is 0.637. The third-order valence-corrected chi connectivity index (χ3v) is 2.64. The highest BCUT2D eigenvalue weighted by molar-refractivity contribution is 6.19. The number of benzene rings is 1. The van der Waals surface area contributed by atoms with E-state index in [2.05, 4.69) is 0 Å². The first kappa shape index (κ1) is 8.17. The predicted octanol–water partition coefficient (Wildman–Crippen LogP) is 1.53. The summed E-state index contributed by atoms with van der Waals surface area (Å²) in [6.07, 6.45) is 1.35. The van der Waals surface area contributed by atoms with E-state index in [0.717, 1.165) is 11.1 Å². The summed E-state index contributed by atoms with van der Waals surface area (Å²) in [5.74, 6) is -0.184. The molecule has 0 bridgehead atoms. The van der Waals surface area contributed by atoms with E-state index in [1.165, 1.54) is 6.20 Å². The molecule has 0 N–H and O–H groups in total. The molecule has 2 aromatic rings. The molecule has 0 aliphatic heterocycles. The van der Waals surface area contributed by atoms with Crippen molar-refractivity contribution in [2.75, 3.05) is 0 Å². The van der Waals surface area contributed by atoms with Gasteiger partial charge in [-0.25, -0.2) is 0 Å². The zero-order valence-electron chi connectivity index (χ0n) is 7.81. The highest BCUT2D eigenvalue weighted by atomic mass is 16.5. The van der Waals surface area contributed by atoms with Gasteiger partial charge in [0.25, 0.3) is 11.5 Å². The van der Waals surface area contributed by atoms with Gasteiger partial charge in [0, 0.05) is 11.6 Å². The maximum absolute atomic E-state index is 11.9. The maximum Gasteiger partial charge on any atom is 0.272 e. The Balaban J connectivity index is 2.43. The molecule has 15 heavy (non-hydrogen) atoms. The first-order valence-electron chi connectivity index (χ1n) is 4.65. The molecule has 3 rings (SSSR count). The van der Waals surface area contributed by atoms with Crippen LogP contribution in [0.4, 0.5) is 0 Å². The minimum atomic E-state index is -0.184. The van der Waals surface area contributed by atoms with Gasteiger partial charge in [0.05, 0.1) is 5.56 Å². The van der Waals surface area contributed by atoms with Crippen LogP contribution in [0.1, 0.15) is 16.1 Å². The molecule has 1 aliphatic rings. The lowest BCUT2D eigenvalue weighted by Gasteiger charge is -1.99. The molecule has 0 radical (unpaired) electrons. The molecule has 0 unspecified atom stereocenters. The van der Waals surface area contributed by atoms with Gasteiger partial charge in [-0.15, -0.1) is 0 Å². The van der Waals surface area contributed by atoms with Gasteiger partial charge in [-0.2, -0.15) is 4.73 Å². The second-order valence-corrected chi connectivity index (χ2v) is 3.47. The van der Waals surface area contributed by atoms with Crippen LogP contribution in [0.15, 0.2) is 42.6 Å². The fourth-order valence-electron chi connectivity index (χ4n) is 1.97. The van der Waals surface area contributed by atoms with Crippen LogP contribution in [0.5, 0.6) is 0 Å². The Kier molecular flexibility index (Phi) is 1.45. The molecule has 72 valence electrons. The smallest absolute Gasteiger partial charge is 0.272 e. The Morgan fingerprint density at radius 2 is 1.60 bits per heavy atom. The van der Waals surface area contributed by atoms with E-state index < -0.39 is 0 Å². The number of rotatable bonds is 0. The normalized spacial score (nSPS) is 12.4. The molecule has 3 nitrogen and oxygen atoms in total. The maximum atomic E-state index is 11.9. The van der Waals surface area contributed by atoms with Gasteiger partial charge in [-0.1, -0.05) is 24.3 Å². The van der Waals surface area contributed by atoms with E-state index in [-0.39, 0.29) is 11.5 Å². The van der Waals surface area contributed by atoms with E-state index in [0.29, 0.717) is 10.3 Å². The number of fused-ring (bicyclic) bond motifs is 3. The van der Waals surface area contributed by atoms with Crippen LogP contribution < -0.4 is 4.73 Å². The molecule has 0 spiro atoms. The molecule has 1 aliphatic carbocycles. The van der Waals surface area contributed by atoms with E-state index in [1.54, 1.807) is 24.3 Å². The quantitative estimate of drug-likeness (QED) is 0.405. The summed E-state index contributed by atoms with van der Waals surface area (Å²) in [5.41, 5.74) is 2.43. The monoisotopic (exact) mass is 197 g/mol. The zero-order chi connectivity index (χ0) is 10.4. The average Bonchev–Trinajstić information content (AvgIpc) is 2.55. The van der Waals surface area contributed by atoms with Crippen LogP contribution in [-0.4, -0.2) is 5.78 Å². The van der Waals surface area contributed by atoms with E-state index in [9.17, 15) is 10.0 Å². The van der Waals surface area contributed by atoms with Crippen LogP contribution in [0.3, 0.4) is 0 Å². The number of hydrogen-bond acceptors (Lipinski definition) is 2. The van der Waals surface area contributed by atoms with Gasteiger partial charge < -0.3 is 5.21 Å². The highest BCUT2D eigenvalue weighted by Crippen LogP contribution is 2.33. The van der Waals surface area contributed by atoms with Crippen molar-refractivity contribution in [3.8, 4) is 11.1 Å². The second-order valence-electron chi connectivity index (χ2n) is 3.47. The fourth-order valence-corrected chi connectivity index (χ4v) is 1.97. The molecular formula is C12H7NO2. The number of pyridine rings is 1. The molecule has 1 aromatic heterocycles. The van der Waals surface area contributed by atoms with Gasteiger partial charge in [-0.3, -0.25) is 4.79 Å². The molecular weight excluding hydrogens is 190 g/mol. The number of nitrogens with zero attached hydrogens (tertiary/aromatic N) is 1. The SMILES string of the molecule is O=C1c2ccccc2-c2ccc[n+]([O-])c21. The van der Waals surface area contributed by atoms with Crippen LogP contribution in [-0.2, 0) is 0 Å². The molecule has 0 amide bonds. The lowest BCUT2D eigenvalue weighted by molar-refractivity contribution is -0.606. The molecule has 0 saturated carbocycles. The number of aromatic nitrogens is 1. The first-order chi connectivity index (χ1) is 7.29. The van der Waals surface area contributed by atoms with Crippen molar-refractivity contribution in [1.29, 1.82) is 0 Å². The van der Waals surface area contributed by atoms with Crippen molar-refractivity contribution in [3.63, 3.8) is 0 Å². The third-order valence-electron chi connectivity index (χ3n) is 2.64. The lowest BCUT2D eigenvalue weighted by atomic mass is 10.1. The lowest BCUT2D eigenvalue weighted by Crippen LogP contribution is -2.33. The topological polar surface area (TPSA) is 44.0 Å². The molecule has 1 aromatic carbocycles. The highest BCUT2D eigenvalue weighted by Gasteiger charge is 2.33. The Morgan fingerprint density at radius 3 is 2.40 bits per heavy atom.